The molecule has 0 saturated heterocycles. The number of alkyl halides is 1. The molecule has 0 bridgehead atoms. The summed E-state index contributed by atoms with van der Waals surface area (Å²) in [6.45, 7) is 7.41. The van der Waals surface area contributed by atoms with Crippen molar-refractivity contribution in [1.82, 2.24) is 5.32 Å². The van der Waals surface area contributed by atoms with Crippen LogP contribution in [-0.4, -0.2) is 18.3 Å². The summed E-state index contributed by atoms with van der Waals surface area (Å²) in [5.74, 6) is 0.692. The maximum Gasteiger partial charge on any atom is 0.220 e. The first-order chi connectivity index (χ1) is 7.52. The summed E-state index contributed by atoms with van der Waals surface area (Å²) in [5.41, 5.74) is 0.214. The Kier molecular flexibility index (Phi) is 8.73. The van der Waals surface area contributed by atoms with E-state index < -0.39 is 0 Å². The van der Waals surface area contributed by atoms with E-state index in [4.69, 9.17) is 11.6 Å². The molecule has 0 aliphatic rings. The summed E-state index contributed by atoms with van der Waals surface area (Å²) in [4.78, 5) is 11.4. The van der Waals surface area contributed by atoms with Crippen LogP contribution in [0.25, 0.3) is 0 Å². The largest absolute Gasteiger partial charge is 0.356 e. The normalized spacial score (nSPS) is 11.5. The summed E-state index contributed by atoms with van der Waals surface area (Å²) in [6.07, 6.45) is 6.28. The fourth-order valence-electron chi connectivity index (χ4n) is 1.60. The number of nitrogens with one attached hydrogen (secondary N) is 1. The zero-order valence-electron chi connectivity index (χ0n) is 10.9. The van der Waals surface area contributed by atoms with Crippen molar-refractivity contribution in [3.63, 3.8) is 0 Å². The summed E-state index contributed by atoms with van der Waals surface area (Å²) in [7, 11) is 0. The van der Waals surface area contributed by atoms with Gasteiger partial charge in [-0.05, 0) is 18.3 Å². The molecule has 0 radical (unpaired) electrons. The Morgan fingerprint density at radius 3 is 2.50 bits per heavy atom. The molecule has 1 N–H and O–H groups in total. The summed E-state index contributed by atoms with van der Waals surface area (Å²) < 4.78 is 0. The van der Waals surface area contributed by atoms with Gasteiger partial charge in [0.2, 0.25) is 5.91 Å². The van der Waals surface area contributed by atoms with Crippen LogP contribution in [0.3, 0.4) is 0 Å². The van der Waals surface area contributed by atoms with Crippen molar-refractivity contribution < 1.29 is 4.79 Å². The van der Waals surface area contributed by atoms with Crippen LogP contribution >= 0.6 is 11.6 Å². The standard InChI is InChI=1S/C13H26ClNO/c1-4-5-6-9-13(2,3)11-15-12(16)8-7-10-14/h4-11H2,1-3H3,(H,15,16). The van der Waals surface area contributed by atoms with Crippen LogP contribution in [0.15, 0.2) is 0 Å². The second-order valence-electron chi connectivity index (χ2n) is 5.19. The number of amides is 1. The first-order valence-corrected chi connectivity index (χ1v) is 6.88. The van der Waals surface area contributed by atoms with Crippen molar-refractivity contribution in [2.24, 2.45) is 5.41 Å². The zero-order chi connectivity index (χ0) is 12.4. The Hall–Kier alpha value is -0.240. The number of hydrogen-bond acceptors (Lipinski definition) is 1. The molecule has 0 aliphatic carbocycles. The minimum Gasteiger partial charge on any atom is -0.356 e. The quantitative estimate of drug-likeness (QED) is 0.488. The Morgan fingerprint density at radius 1 is 1.25 bits per heavy atom. The van der Waals surface area contributed by atoms with E-state index in [2.05, 4.69) is 26.1 Å². The average Bonchev–Trinajstić information content (AvgIpc) is 2.24. The van der Waals surface area contributed by atoms with Crippen molar-refractivity contribution in [1.29, 1.82) is 0 Å². The van der Waals surface area contributed by atoms with Gasteiger partial charge in [0, 0.05) is 18.8 Å². The maximum absolute atomic E-state index is 11.4. The Balaban J connectivity index is 3.67. The van der Waals surface area contributed by atoms with Gasteiger partial charge in [-0.2, -0.15) is 0 Å². The first-order valence-electron chi connectivity index (χ1n) is 6.34. The highest BCUT2D eigenvalue weighted by Crippen LogP contribution is 2.22. The molecule has 0 spiro atoms. The van der Waals surface area contributed by atoms with E-state index in [0.29, 0.717) is 12.3 Å². The number of hydrogen-bond donors (Lipinski definition) is 1. The molecular formula is C13H26ClNO. The van der Waals surface area contributed by atoms with Gasteiger partial charge in [-0.25, -0.2) is 0 Å². The predicted molar refractivity (Wildman–Crippen MR) is 70.9 cm³/mol. The molecule has 0 unspecified atom stereocenters. The molecule has 0 aromatic rings. The number of rotatable bonds is 9. The number of halogens is 1. The molecule has 0 aliphatic heterocycles. The second kappa shape index (κ2) is 8.86. The van der Waals surface area contributed by atoms with Gasteiger partial charge >= 0.3 is 0 Å². The highest BCUT2D eigenvalue weighted by molar-refractivity contribution is 6.17. The van der Waals surface area contributed by atoms with Gasteiger partial charge in [0.1, 0.15) is 0 Å². The third kappa shape index (κ3) is 9.02. The second-order valence-corrected chi connectivity index (χ2v) is 5.57. The fraction of sp³-hybridized carbons (Fsp3) is 0.923. The van der Waals surface area contributed by atoms with Crippen molar-refractivity contribution in [2.45, 2.75) is 59.3 Å². The molecule has 0 aromatic heterocycles. The van der Waals surface area contributed by atoms with Crippen LogP contribution in [0.5, 0.6) is 0 Å². The molecule has 0 heterocycles. The molecule has 2 nitrogen and oxygen atoms in total. The topological polar surface area (TPSA) is 29.1 Å². The van der Waals surface area contributed by atoms with Gasteiger partial charge in [0.05, 0.1) is 0 Å². The molecule has 0 fully saturated rings. The van der Waals surface area contributed by atoms with Crippen LogP contribution in [0.1, 0.15) is 59.3 Å². The molecule has 0 rings (SSSR count). The van der Waals surface area contributed by atoms with Gasteiger partial charge in [0.25, 0.3) is 0 Å². The smallest absolute Gasteiger partial charge is 0.220 e. The molecule has 3 heteroatoms. The lowest BCUT2D eigenvalue weighted by atomic mass is 9.87. The molecule has 96 valence electrons. The monoisotopic (exact) mass is 247 g/mol. The van der Waals surface area contributed by atoms with E-state index in [0.717, 1.165) is 13.0 Å². The minimum absolute atomic E-state index is 0.129. The van der Waals surface area contributed by atoms with Crippen molar-refractivity contribution in [2.75, 3.05) is 12.4 Å². The average molecular weight is 248 g/mol. The van der Waals surface area contributed by atoms with Crippen LogP contribution in [0.4, 0.5) is 0 Å². The third-order valence-electron chi connectivity index (χ3n) is 2.76. The SMILES string of the molecule is CCCCCC(C)(C)CNC(=O)CCCCl. The van der Waals surface area contributed by atoms with E-state index >= 15 is 0 Å². The number of unbranched alkanes of at least 4 members (excludes halogenated alkanes) is 2. The first kappa shape index (κ1) is 15.8. The van der Waals surface area contributed by atoms with Crippen LogP contribution in [0, 0.1) is 5.41 Å². The van der Waals surface area contributed by atoms with Gasteiger partial charge in [-0.1, -0.05) is 40.0 Å². The summed E-state index contributed by atoms with van der Waals surface area (Å²) >= 11 is 5.54. The Bertz CT molecular complexity index is 192. The van der Waals surface area contributed by atoms with E-state index in [-0.39, 0.29) is 11.3 Å². The number of carbonyl (C=O) groups excluding carboxylic acids is 1. The predicted octanol–water partition coefficient (Wildman–Crippen LogP) is 3.73. The maximum atomic E-state index is 11.4. The lowest BCUT2D eigenvalue weighted by molar-refractivity contribution is -0.121. The molecule has 0 aromatic carbocycles. The highest BCUT2D eigenvalue weighted by atomic mass is 35.5. The Morgan fingerprint density at radius 2 is 1.94 bits per heavy atom. The van der Waals surface area contributed by atoms with Crippen molar-refractivity contribution in [3.05, 3.63) is 0 Å². The Labute approximate surface area is 105 Å². The van der Waals surface area contributed by atoms with E-state index in [9.17, 15) is 4.79 Å². The molecule has 0 atom stereocenters. The molecule has 0 saturated carbocycles. The third-order valence-corrected chi connectivity index (χ3v) is 3.03. The number of carbonyl (C=O) groups is 1. The molecular weight excluding hydrogens is 222 g/mol. The van der Waals surface area contributed by atoms with Crippen molar-refractivity contribution in [3.8, 4) is 0 Å². The van der Waals surface area contributed by atoms with Crippen molar-refractivity contribution >= 4 is 17.5 Å². The lowest BCUT2D eigenvalue weighted by Gasteiger charge is -2.24. The highest BCUT2D eigenvalue weighted by Gasteiger charge is 2.17. The van der Waals surface area contributed by atoms with Crippen LogP contribution in [-0.2, 0) is 4.79 Å². The van der Waals surface area contributed by atoms with Gasteiger partial charge in [0.15, 0.2) is 0 Å². The lowest BCUT2D eigenvalue weighted by Crippen LogP contribution is -2.33. The summed E-state index contributed by atoms with van der Waals surface area (Å²) in [6, 6.07) is 0. The minimum atomic E-state index is 0.129. The van der Waals surface area contributed by atoms with E-state index in [1.165, 1.54) is 25.7 Å². The fourth-order valence-corrected chi connectivity index (χ4v) is 1.73. The van der Waals surface area contributed by atoms with Crippen LogP contribution in [0.2, 0.25) is 0 Å². The summed E-state index contributed by atoms with van der Waals surface area (Å²) in [5, 5.41) is 2.99. The molecule has 16 heavy (non-hydrogen) atoms. The van der Waals surface area contributed by atoms with E-state index in [1.54, 1.807) is 0 Å². The zero-order valence-corrected chi connectivity index (χ0v) is 11.7. The van der Waals surface area contributed by atoms with Crippen LogP contribution < -0.4 is 5.32 Å². The van der Waals surface area contributed by atoms with Gasteiger partial charge in [-0.15, -0.1) is 11.6 Å². The van der Waals surface area contributed by atoms with Gasteiger partial charge in [-0.3, -0.25) is 4.79 Å². The van der Waals surface area contributed by atoms with E-state index in [1.807, 2.05) is 0 Å². The molecule has 1 amide bonds. The van der Waals surface area contributed by atoms with Gasteiger partial charge < -0.3 is 5.32 Å².